The van der Waals surface area contributed by atoms with Crippen LogP contribution < -0.4 is 20.1 Å². The molecule has 0 saturated heterocycles. The van der Waals surface area contributed by atoms with Crippen LogP contribution in [0.1, 0.15) is 17.4 Å². The highest BCUT2D eigenvalue weighted by Gasteiger charge is 2.29. The Labute approximate surface area is 177 Å². The van der Waals surface area contributed by atoms with Crippen LogP contribution in [-0.4, -0.2) is 50.0 Å². The number of nitrogens with zero attached hydrogens (tertiary/aromatic N) is 1. The monoisotopic (exact) mass is 443 g/mol. The molecule has 2 N–H and O–H groups in total. The molecule has 164 valence electrons. The SMILES string of the molecule is COc1ccc(NC(=O)NCC(C)N2CCc3sccc3C2)cc1OCC(F)(F)F. The Morgan fingerprint density at radius 3 is 2.83 bits per heavy atom. The van der Waals surface area contributed by atoms with E-state index >= 15 is 0 Å². The summed E-state index contributed by atoms with van der Waals surface area (Å²) in [5.74, 6) is 0.0533. The van der Waals surface area contributed by atoms with Gasteiger partial charge in [0.05, 0.1) is 7.11 Å². The molecule has 2 heterocycles. The number of anilines is 1. The number of alkyl halides is 3. The first-order valence-corrected chi connectivity index (χ1v) is 10.3. The molecule has 2 amide bonds. The molecule has 0 bridgehead atoms. The molecule has 0 spiro atoms. The van der Waals surface area contributed by atoms with Crippen LogP contribution in [0, 0.1) is 0 Å². The number of ether oxygens (including phenoxy) is 2. The Kier molecular flexibility index (Phi) is 7.09. The Morgan fingerprint density at radius 1 is 1.30 bits per heavy atom. The summed E-state index contributed by atoms with van der Waals surface area (Å²) in [5, 5.41) is 7.53. The molecule has 1 aromatic carbocycles. The van der Waals surface area contributed by atoms with Crippen molar-refractivity contribution >= 4 is 23.1 Å². The van der Waals surface area contributed by atoms with E-state index in [0.717, 1.165) is 19.5 Å². The van der Waals surface area contributed by atoms with Gasteiger partial charge < -0.3 is 20.1 Å². The molecule has 1 unspecified atom stereocenters. The molecule has 10 heteroatoms. The average Bonchev–Trinajstić information content (AvgIpc) is 3.18. The lowest BCUT2D eigenvalue weighted by molar-refractivity contribution is -0.153. The van der Waals surface area contributed by atoms with Crippen LogP contribution in [0.15, 0.2) is 29.6 Å². The minimum Gasteiger partial charge on any atom is -0.493 e. The van der Waals surface area contributed by atoms with Crippen LogP contribution in [0.2, 0.25) is 0 Å². The maximum atomic E-state index is 12.4. The minimum atomic E-state index is -4.47. The van der Waals surface area contributed by atoms with Gasteiger partial charge in [-0.1, -0.05) is 0 Å². The van der Waals surface area contributed by atoms with Gasteiger partial charge in [-0.3, -0.25) is 4.90 Å². The Morgan fingerprint density at radius 2 is 2.10 bits per heavy atom. The van der Waals surface area contributed by atoms with Crippen molar-refractivity contribution in [1.29, 1.82) is 0 Å². The molecule has 6 nitrogen and oxygen atoms in total. The highest BCUT2D eigenvalue weighted by Crippen LogP contribution is 2.31. The summed E-state index contributed by atoms with van der Waals surface area (Å²) in [6.45, 7) is 2.85. The number of nitrogens with one attached hydrogen (secondary N) is 2. The van der Waals surface area contributed by atoms with Crippen molar-refractivity contribution in [1.82, 2.24) is 10.2 Å². The molecule has 1 aliphatic heterocycles. The van der Waals surface area contributed by atoms with E-state index in [2.05, 4.69) is 27.0 Å². The predicted molar refractivity (Wildman–Crippen MR) is 109 cm³/mol. The largest absolute Gasteiger partial charge is 0.493 e. The molecule has 0 fully saturated rings. The maximum Gasteiger partial charge on any atom is 0.422 e. The first-order chi connectivity index (χ1) is 14.2. The number of thiophene rings is 1. The molecule has 0 saturated carbocycles. The van der Waals surface area contributed by atoms with E-state index in [1.807, 2.05) is 6.92 Å². The number of hydrogen-bond acceptors (Lipinski definition) is 5. The van der Waals surface area contributed by atoms with E-state index < -0.39 is 18.8 Å². The van der Waals surface area contributed by atoms with E-state index in [9.17, 15) is 18.0 Å². The molecule has 1 aliphatic rings. The number of carbonyl (C=O) groups is 1. The Bertz CT molecular complexity index is 872. The third-order valence-corrected chi connectivity index (χ3v) is 5.85. The molecule has 2 aromatic rings. The second kappa shape index (κ2) is 9.57. The smallest absolute Gasteiger partial charge is 0.422 e. The van der Waals surface area contributed by atoms with E-state index in [1.165, 1.54) is 35.7 Å². The first kappa shape index (κ1) is 22.2. The van der Waals surface area contributed by atoms with Crippen LogP contribution in [0.4, 0.5) is 23.7 Å². The second-order valence-corrected chi connectivity index (χ2v) is 8.04. The van der Waals surface area contributed by atoms with Crippen LogP contribution in [0.5, 0.6) is 11.5 Å². The molecular weight excluding hydrogens is 419 g/mol. The lowest BCUT2D eigenvalue weighted by atomic mass is 10.1. The normalized spacial score (nSPS) is 15.2. The Balaban J connectivity index is 1.52. The fourth-order valence-corrected chi connectivity index (χ4v) is 4.11. The van der Waals surface area contributed by atoms with Crippen LogP contribution in [-0.2, 0) is 13.0 Å². The summed E-state index contributed by atoms with van der Waals surface area (Å²) in [7, 11) is 1.33. The van der Waals surface area contributed by atoms with Gasteiger partial charge >= 0.3 is 12.2 Å². The van der Waals surface area contributed by atoms with Crippen LogP contribution in [0.25, 0.3) is 0 Å². The highest BCUT2D eigenvalue weighted by molar-refractivity contribution is 7.10. The van der Waals surface area contributed by atoms with Gasteiger partial charge in [0.25, 0.3) is 0 Å². The number of urea groups is 1. The van der Waals surface area contributed by atoms with Gasteiger partial charge in [0.2, 0.25) is 0 Å². The summed E-state index contributed by atoms with van der Waals surface area (Å²) in [6, 6.07) is 6.12. The lowest BCUT2D eigenvalue weighted by Crippen LogP contribution is -2.45. The summed E-state index contributed by atoms with van der Waals surface area (Å²) < 4.78 is 47.1. The standard InChI is InChI=1S/C20H24F3N3O3S/c1-13(26-7-5-18-14(11-26)6-8-30-18)10-24-19(27)25-15-3-4-16(28-2)17(9-15)29-12-20(21,22)23/h3-4,6,8-9,13H,5,7,10-12H2,1-2H3,(H2,24,25,27). The third-order valence-electron chi connectivity index (χ3n) is 4.83. The van der Waals surface area contributed by atoms with E-state index in [1.54, 1.807) is 11.3 Å². The lowest BCUT2D eigenvalue weighted by Gasteiger charge is -2.32. The average molecular weight is 443 g/mol. The fraction of sp³-hybridized carbons (Fsp3) is 0.450. The van der Waals surface area contributed by atoms with Crippen molar-refractivity contribution in [3.05, 3.63) is 40.1 Å². The minimum absolute atomic E-state index is 0.0964. The number of amides is 2. The molecule has 1 atom stereocenters. The summed E-state index contributed by atoms with van der Waals surface area (Å²) in [5.41, 5.74) is 1.64. The molecule has 0 aliphatic carbocycles. The zero-order chi connectivity index (χ0) is 21.7. The van der Waals surface area contributed by atoms with Crippen molar-refractivity contribution < 1.29 is 27.4 Å². The van der Waals surface area contributed by atoms with Crippen molar-refractivity contribution in [3.8, 4) is 11.5 Å². The van der Waals surface area contributed by atoms with E-state index in [0.29, 0.717) is 12.2 Å². The number of rotatable bonds is 7. The highest BCUT2D eigenvalue weighted by atomic mass is 32.1. The zero-order valence-corrected chi connectivity index (χ0v) is 17.5. The van der Waals surface area contributed by atoms with Crippen molar-refractivity contribution in [2.24, 2.45) is 0 Å². The summed E-state index contributed by atoms with van der Waals surface area (Å²) in [4.78, 5) is 16.0. The Hall–Kier alpha value is -2.46. The van der Waals surface area contributed by atoms with E-state index in [4.69, 9.17) is 9.47 Å². The van der Waals surface area contributed by atoms with Gasteiger partial charge in [-0.25, -0.2) is 4.79 Å². The third kappa shape index (κ3) is 6.02. The van der Waals surface area contributed by atoms with Crippen molar-refractivity contribution in [3.63, 3.8) is 0 Å². The summed E-state index contributed by atoms with van der Waals surface area (Å²) in [6.07, 6.45) is -3.46. The predicted octanol–water partition coefficient (Wildman–Crippen LogP) is 4.27. The molecular formula is C20H24F3N3O3S. The van der Waals surface area contributed by atoms with Gasteiger partial charge in [-0.05, 0) is 42.5 Å². The first-order valence-electron chi connectivity index (χ1n) is 9.47. The number of hydrogen-bond donors (Lipinski definition) is 2. The number of methoxy groups -OCH3 is 1. The van der Waals surface area contributed by atoms with Crippen LogP contribution >= 0.6 is 11.3 Å². The number of fused-ring (bicyclic) bond motifs is 1. The summed E-state index contributed by atoms with van der Waals surface area (Å²) >= 11 is 1.78. The van der Waals surface area contributed by atoms with E-state index in [-0.39, 0.29) is 17.5 Å². The second-order valence-electron chi connectivity index (χ2n) is 7.04. The van der Waals surface area contributed by atoms with Gasteiger partial charge in [-0.2, -0.15) is 13.2 Å². The maximum absolute atomic E-state index is 12.4. The van der Waals surface area contributed by atoms with Crippen LogP contribution in [0.3, 0.4) is 0 Å². The molecule has 30 heavy (non-hydrogen) atoms. The van der Waals surface area contributed by atoms with Crippen molar-refractivity contribution in [2.45, 2.75) is 32.1 Å². The quantitative estimate of drug-likeness (QED) is 0.671. The zero-order valence-electron chi connectivity index (χ0n) is 16.7. The van der Waals surface area contributed by atoms with Gasteiger partial charge in [0, 0.05) is 42.3 Å². The van der Waals surface area contributed by atoms with Gasteiger partial charge in [0.15, 0.2) is 18.1 Å². The van der Waals surface area contributed by atoms with Gasteiger partial charge in [-0.15, -0.1) is 11.3 Å². The fourth-order valence-electron chi connectivity index (χ4n) is 3.22. The molecule has 3 rings (SSSR count). The number of halogens is 3. The topological polar surface area (TPSA) is 62.8 Å². The molecule has 0 radical (unpaired) electrons. The number of carbonyl (C=O) groups excluding carboxylic acids is 1. The molecule has 1 aromatic heterocycles. The van der Waals surface area contributed by atoms with Gasteiger partial charge in [0.1, 0.15) is 0 Å². The number of benzene rings is 1. The van der Waals surface area contributed by atoms with Crippen molar-refractivity contribution in [2.75, 3.05) is 32.1 Å².